The summed E-state index contributed by atoms with van der Waals surface area (Å²) in [7, 11) is 0. The Morgan fingerprint density at radius 1 is 1.18 bits per heavy atom. The molecule has 8 heteroatoms. The highest BCUT2D eigenvalue weighted by atomic mass is 19.4. The molecule has 0 saturated heterocycles. The smallest absolute Gasteiger partial charge is 0.416 e. The molecule has 0 unspecified atom stereocenters. The molecule has 28 heavy (non-hydrogen) atoms. The van der Waals surface area contributed by atoms with Crippen LogP contribution in [0, 0.1) is 5.92 Å². The second-order valence-electron chi connectivity index (χ2n) is 7.50. The molecule has 1 aliphatic heterocycles. The maximum atomic E-state index is 13.2. The largest absolute Gasteiger partial charge is 0.449 e. The number of ketones is 1. The number of carbonyl (C=O) groups excluding carboxylic acids is 2. The number of nitrogens with one attached hydrogen (secondary N) is 1. The molecule has 0 radical (unpaired) electrons. The molecule has 2 heterocycles. The lowest BCUT2D eigenvalue weighted by Gasteiger charge is -2.27. The number of nitrogens with zero attached hydrogens (tertiary/aromatic N) is 1. The van der Waals surface area contributed by atoms with Gasteiger partial charge in [0.25, 0.3) is 5.91 Å². The molecule has 1 aromatic heterocycles. The molecule has 1 fully saturated rings. The number of alkyl halides is 3. The minimum absolute atomic E-state index is 0.0608. The van der Waals surface area contributed by atoms with Gasteiger partial charge in [0.05, 0.1) is 11.3 Å². The van der Waals surface area contributed by atoms with Crippen molar-refractivity contribution in [1.29, 1.82) is 0 Å². The van der Waals surface area contributed by atoms with Gasteiger partial charge in [-0.1, -0.05) is 0 Å². The fourth-order valence-corrected chi connectivity index (χ4v) is 4.08. The molecular weight excluding hydrogens is 373 g/mol. The Hall–Kier alpha value is -2.51. The minimum Gasteiger partial charge on any atom is -0.449 e. The van der Waals surface area contributed by atoms with Crippen LogP contribution >= 0.6 is 0 Å². The molecule has 2 aromatic rings. The molecule has 150 valence electrons. The van der Waals surface area contributed by atoms with Crippen LogP contribution in [-0.4, -0.2) is 31.3 Å². The molecule has 1 amide bonds. The Bertz CT molecular complexity index is 909. The van der Waals surface area contributed by atoms with Crippen molar-refractivity contribution >= 4 is 28.3 Å². The number of furan rings is 1. The number of Topliss-reactive ketones (excluding diaryl/α,β-unsaturated/α-hetero) is 1. The topological polar surface area (TPSA) is 62.6 Å². The van der Waals surface area contributed by atoms with Gasteiger partial charge in [-0.3, -0.25) is 9.59 Å². The average molecular weight is 394 g/mol. The summed E-state index contributed by atoms with van der Waals surface area (Å²) in [6, 6.07) is 3.29. The van der Waals surface area contributed by atoms with Gasteiger partial charge in [0.15, 0.2) is 0 Å². The third-order valence-electron chi connectivity index (χ3n) is 5.65. The maximum Gasteiger partial charge on any atom is 0.416 e. The van der Waals surface area contributed by atoms with E-state index in [9.17, 15) is 22.8 Å². The van der Waals surface area contributed by atoms with Crippen molar-refractivity contribution in [3.05, 3.63) is 29.5 Å². The van der Waals surface area contributed by atoms with Gasteiger partial charge in [-0.2, -0.15) is 13.2 Å². The van der Waals surface area contributed by atoms with E-state index in [4.69, 9.17) is 4.42 Å². The van der Waals surface area contributed by atoms with E-state index in [0.717, 1.165) is 31.4 Å². The normalized spacial score (nSPS) is 18.9. The first-order valence-electron chi connectivity index (χ1n) is 9.51. The number of benzene rings is 1. The van der Waals surface area contributed by atoms with Gasteiger partial charge in [0.2, 0.25) is 5.76 Å². The lowest BCUT2D eigenvalue weighted by molar-refractivity contribution is -0.137. The summed E-state index contributed by atoms with van der Waals surface area (Å²) in [4.78, 5) is 25.7. The van der Waals surface area contributed by atoms with Gasteiger partial charge in [0.1, 0.15) is 11.4 Å². The van der Waals surface area contributed by atoms with E-state index in [1.54, 1.807) is 0 Å². The van der Waals surface area contributed by atoms with Crippen LogP contribution in [0.1, 0.15) is 48.2 Å². The SMILES string of the molecule is O=C1CCC(CCN2CCNC(=O)c3oc4ccc(C(F)(F)F)cc4c32)CC1. The van der Waals surface area contributed by atoms with Crippen LogP contribution in [0.4, 0.5) is 18.9 Å². The maximum absolute atomic E-state index is 13.2. The second-order valence-corrected chi connectivity index (χ2v) is 7.50. The van der Waals surface area contributed by atoms with Gasteiger partial charge in [-0.15, -0.1) is 0 Å². The molecule has 4 rings (SSSR count). The highest BCUT2D eigenvalue weighted by Gasteiger charge is 2.34. The fourth-order valence-electron chi connectivity index (χ4n) is 4.08. The first-order chi connectivity index (χ1) is 13.3. The zero-order chi connectivity index (χ0) is 19.9. The molecule has 5 nitrogen and oxygen atoms in total. The van der Waals surface area contributed by atoms with Gasteiger partial charge >= 0.3 is 6.18 Å². The summed E-state index contributed by atoms with van der Waals surface area (Å²) in [6.45, 7) is 1.49. The van der Waals surface area contributed by atoms with Gasteiger partial charge in [-0.25, -0.2) is 0 Å². The van der Waals surface area contributed by atoms with Crippen molar-refractivity contribution in [2.45, 2.75) is 38.3 Å². The number of amides is 1. The first kappa shape index (κ1) is 18.8. The Kier molecular flexibility index (Phi) is 4.81. The predicted molar refractivity (Wildman–Crippen MR) is 97.3 cm³/mol. The van der Waals surface area contributed by atoms with Crippen LogP contribution in [0.25, 0.3) is 11.0 Å². The van der Waals surface area contributed by atoms with Crippen molar-refractivity contribution in [3.63, 3.8) is 0 Å². The number of hydrogen-bond acceptors (Lipinski definition) is 4. The quantitative estimate of drug-likeness (QED) is 0.850. The van der Waals surface area contributed by atoms with Crippen molar-refractivity contribution in [2.75, 3.05) is 24.5 Å². The van der Waals surface area contributed by atoms with Crippen LogP contribution in [0.5, 0.6) is 0 Å². The molecule has 0 atom stereocenters. The third kappa shape index (κ3) is 3.59. The summed E-state index contributed by atoms with van der Waals surface area (Å²) < 4.78 is 45.2. The summed E-state index contributed by atoms with van der Waals surface area (Å²) in [5.41, 5.74) is -0.0645. The van der Waals surface area contributed by atoms with Crippen molar-refractivity contribution < 1.29 is 27.2 Å². The lowest BCUT2D eigenvalue weighted by Crippen LogP contribution is -2.32. The standard InChI is InChI=1S/C20H21F3N2O3/c21-20(22,23)13-3-6-16-15(11-13)17-18(28-16)19(27)24-8-10-25(17)9-7-12-1-4-14(26)5-2-12/h3,6,11-12H,1-2,4-5,7-10H2,(H,24,27). The zero-order valence-corrected chi connectivity index (χ0v) is 15.3. The predicted octanol–water partition coefficient (Wildman–Crippen LogP) is 4.15. The van der Waals surface area contributed by atoms with Crippen molar-refractivity contribution in [2.24, 2.45) is 5.92 Å². The Morgan fingerprint density at radius 2 is 1.93 bits per heavy atom. The Morgan fingerprint density at radius 3 is 2.64 bits per heavy atom. The molecule has 0 bridgehead atoms. The number of hydrogen-bond donors (Lipinski definition) is 1. The van der Waals surface area contributed by atoms with Gasteiger partial charge in [-0.05, 0) is 43.4 Å². The first-order valence-corrected chi connectivity index (χ1v) is 9.51. The van der Waals surface area contributed by atoms with E-state index in [-0.39, 0.29) is 11.3 Å². The Labute approximate surface area is 159 Å². The molecule has 0 spiro atoms. The van der Waals surface area contributed by atoms with Crippen LogP contribution in [0.15, 0.2) is 22.6 Å². The number of carbonyl (C=O) groups is 2. The molecule has 1 aliphatic carbocycles. The fraction of sp³-hybridized carbons (Fsp3) is 0.500. The summed E-state index contributed by atoms with van der Waals surface area (Å²) in [6.07, 6.45) is -0.751. The second kappa shape index (κ2) is 7.14. The van der Waals surface area contributed by atoms with E-state index in [0.29, 0.717) is 55.3 Å². The van der Waals surface area contributed by atoms with E-state index in [2.05, 4.69) is 5.32 Å². The lowest BCUT2D eigenvalue weighted by atomic mass is 9.86. The number of fused-ring (bicyclic) bond motifs is 3. The van der Waals surface area contributed by atoms with E-state index >= 15 is 0 Å². The molecular formula is C20H21F3N2O3. The van der Waals surface area contributed by atoms with Crippen molar-refractivity contribution in [1.82, 2.24) is 5.32 Å². The van der Waals surface area contributed by atoms with Gasteiger partial charge in [0, 0.05) is 37.9 Å². The third-order valence-corrected chi connectivity index (χ3v) is 5.65. The summed E-state index contributed by atoms with van der Waals surface area (Å²) >= 11 is 0. The average Bonchev–Trinajstić information content (AvgIpc) is 2.96. The molecule has 2 aliphatic rings. The minimum atomic E-state index is -4.47. The summed E-state index contributed by atoms with van der Waals surface area (Å²) in [5.74, 6) is 0.358. The highest BCUT2D eigenvalue weighted by molar-refractivity contribution is 6.07. The van der Waals surface area contributed by atoms with Crippen LogP contribution < -0.4 is 10.2 Å². The van der Waals surface area contributed by atoms with Crippen molar-refractivity contribution in [3.8, 4) is 0 Å². The molecule has 1 aromatic carbocycles. The Balaban J connectivity index is 1.66. The van der Waals surface area contributed by atoms with Crippen LogP contribution in [0.2, 0.25) is 0 Å². The van der Waals surface area contributed by atoms with E-state index in [1.165, 1.54) is 6.07 Å². The number of halogens is 3. The highest BCUT2D eigenvalue weighted by Crippen LogP contribution is 2.39. The van der Waals surface area contributed by atoms with E-state index in [1.807, 2.05) is 4.90 Å². The zero-order valence-electron chi connectivity index (χ0n) is 15.3. The monoisotopic (exact) mass is 394 g/mol. The van der Waals surface area contributed by atoms with E-state index < -0.39 is 17.6 Å². The van der Waals surface area contributed by atoms with Gasteiger partial charge < -0.3 is 14.6 Å². The number of rotatable bonds is 3. The van der Waals surface area contributed by atoms with Crippen LogP contribution in [0.3, 0.4) is 0 Å². The molecule has 1 N–H and O–H groups in total. The molecule has 1 saturated carbocycles. The van der Waals surface area contributed by atoms with Crippen LogP contribution in [-0.2, 0) is 11.0 Å². The number of anilines is 1. The summed E-state index contributed by atoms with van der Waals surface area (Å²) in [5, 5.41) is 3.05.